The highest BCUT2D eigenvalue weighted by Gasteiger charge is 2.24. The van der Waals surface area contributed by atoms with Crippen LogP contribution in [0.15, 0.2) is 40.2 Å². The molecule has 1 amide bonds. The number of aryl methyl sites for hydroxylation is 1. The van der Waals surface area contributed by atoms with Crippen LogP contribution in [0, 0.1) is 5.82 Å². The smallest absolute Gasteiger partial charge is 0.333 e. The number of hydrogen-bond donors (Lipinski definition) is 1. The lowest BCUT2D eigenvalue weighted by Crippen LogP contribution is -2.44. The molecule has 0 atom stereocenters. The molecule has 3 aromatic rings. The lowest BCUT2D eigenvalue weighted by Gasteiger charge is -2.15. The quantitative estimate of drug-likeness (QED) is 0.582. The Kier molecular flexibility index (Phi) is 6.53. The molecule has 4 rings (SSSR count). The van der Waals surface area contributed by atoms with E-state index in [9.17, 15) is 18.8 Å². The fraction of sp³-hybridized carbons (Fsp3) is 0.478. The highest BCUT2D eigenvalue weighted by molar-refractivity contribution is 5.76. The van der Waals surface area contributed by atoms with Crippen LogP contribution in [0.5, 0.6) is 0 Å². The largest absolute Gasteiger partial charge is 0.350 e. The molecule has 1 fully saturated rings. The SMILES string of the molecule is CCCCn1c(=O)n(CC(=O)NCc2ccc(F)cc2)c(=O)c2c1ncn2C1CCCC1. The van der Waals surface area contributed by atoms with Crippen LogP contribution in [-0.2, 0) is 24.4 Å². The zero-order valence-corrected chi connectivity index (χ0v) is 18.2. The lowest BCUT2D eigenvalue weighted by molar-refractivity contribution is -0.121. The van der Waals surface area contributed by atoms with Gasteiger partial charge in [0.15, 0.2) is 11.2 Å². The van der Waals surface area contributed by atoms with Gasteiger partial charge in [-0.2, -0.15) is 0 Å². The Morgan fingerprint density at radius 1 is 1.16 bits per heavy atom. The van der Waals surface area contributed by atoms with E-state index in [1.165, 1.54) is 16.7 Å². The molecule has 0 unspecified atom stereocenters. The molecule has 1 saturated carbocycles. The summed E-state index contributed by atoms with van der Waals surface area (Å²) in [5.41, 5.74) is 0.494. The molecule has 9 heteroatoms. The Hall–Kier alpha value is -3.23. The predicted molar refractivity (Wildman–Crippen MR) is 119 cm³/mol. The summed E-state index contributed by atoms with van der Waals surface area (Å²) in [4.78, 5) is 43.5. The topological polar surface area (TPSA) is 90.9 Å². The van der Waals surface area contributed by atoms with E-state index in [4.69, 9.17) is 0 Å². The van der Waals surface area contributed by atoms with Crippen molar-refractivity contribution in [3.8, 4) is 0 Å². The summed E-state index contributed by atoms with van der Waals surface area (Å²) in [7, 11) is 0. The van der Waals surface area contributed by atoms with Gasteiger partial charge in [0.2, 0.25) is 5.91 Å². The molecule has 0 radical (unpaired) electrons. The first-order valence-electron chi connectivity index (χ1n) is 11.2. The van der Waals surface area contributed by atoms with Gasteiger partial charge in [-0.3, -0.25) is 14.2 Å². The molecule has 2 aromatic heterocycles. The van der Waals surface area contributed by atoms with Crippen LogP contribution in [0.4, 0.5) is 4.39 Å². The zero-order chi connectivity index (χ0) is 22.7. The Morgan fingerprint density at radius 3 is 2.56 bits per heavy atom. The first-order valence-corrected chi connectivity index (χ1v) is 11.2. The maximum Gasteiger partial charge on any atom is 0.333 e. The van der Waals surface area contributed by atoms with Gasteiger partial charge in [-0.05, 0) is 37.0 Å². The first-order chi connectivity index (χ1) is 15.5. The van der Waals surface area contributed by atoms with Gasteiger partial charge in [0, 0.05) is 19.1 Å². The molecule has 0 spiro atoms. The van der Waals surface area contributed by atoms with E-state index in [1.54, 1.807) is 18.5 Å². The molecule has 1 N–H and O–H groups in total. The number of nitrogens with zero attached hydrogens (tertiary/aromatic N) is 4. The number of imidazole rings is 1. The van der Waals surface area contributed by atoms with E-state index in [0.29, 0.717) is 17.7 Å². The Bertz CT molecular complexity index is 1220. The third kappa shape index (κ3) is 4.37. The molecule has 1 aromatic carbocycles. The molecule has 2 heterocycles. The van der Waals surface area contributed by atoms with Gasteiger partial charge < -0.3 is 9.88 Å². The molecular formula is C23H28FN5O3. The van der Waals surface area contributed by atoms with Gasteiger partial charge >= 0.3 is 5.69 Å². The van der Waals surface area contributed by atoms with Crippen molar-refractivity contribution < 1.29 is 9.18 Å². The molecule has 0 saturated heterocycles. The van der Waals surface area contributed by atoms with Crippen LogP contribution in [0.25, 0.3) is 11.2 Å². The Balaban J connectivity index is 1.66. The Morgan fingerprint density at radius 2 is 1.88 bits per heavy atom. The monoisotopic (exact) mass is 441 g/mol. The number of fused-ring (bicyclic) bond motifs is 1. The summed E-state index contributed by atoms with van der Waals surface area (Å²) in [5, 5.41) is 2.70. The third-order valence-corrected chi connectivity index (χ3v) is 6.10. The minimum Gasteiger partial charge on any atom is -0.350 e. The lowest BCUT2D eigenvalue weighted by atomic mass is 10.2. The summed E-state index contributed by atoms with van der Waals surface area (Å²) in [6, 6.07) is 5.97. The van der Waals surface area contributed by atoms with Crippen molar-refractivity contribution in [2.75, 3.05) is 0 Å². The number of nitrogens with one attached hydrogen (secondary N) is 1. The highest BCUT2D eigenvalue weighted by Crippen LogP contribution is 2.30. The maximum atomic E-state index is 13.3. The number of unbranched alkanes of at least 4 members (excludes halogenated alkanes) is 1. The summed E-state index contributed by atoms with van der Waals surface area (Å²) in [5.74, 6) is -0.812. The van der Waals surface area contributed by atoms with Crippen molar-refractivity contribution in [2.45, 2.75) is 71.1 Å². The molecule has 1 aliphatic rings. The molecule has 170 valence electrons. The summed E-state index contributed by atoms with van der Waals surface area (Å²) in [6.07, 6.45) is 7.44. The molecule has 32 heavy (non-hydrogen) atoms. The number of aromatic nitrogens is 4. The van der Waals surface area contributed by atoms with E-state index >= 15 is 0 Å². The van der Waals surface area contributed by atoms with Crippen LogP contribution >= 0.6 is 0 Å². The highest BCUT2D eigenvalue weighted by atomic mass is 19.1. The van der Waals surface area contributed by atoms with E-state index < -0.39 is 17.2 Å². The van der Waals surface area contributed by atoms with Gasteiger partial charge in [0.25, 0.3) is 5.56 Å². The van der Waals surface area contributed by atoms with Crippen LogP contribution in [-0.4, -0.2) is 24.6 Å². The van der Waals surface area contributed by atoms with Crippen molar-refractivity contribution in [1.82, 2.24) is 24.0 Å². The van der Waals surface area contributed by atoms with Gasteiger partial charge in [-0.1, -0.05) is 38.3 Å². The minimum absolute atomic E-state index is 0.181. The number of hydrogen-bond acceptors (Lipinski definition) is 4. The van der Waals surface area contributed by atoms with Crippen molar-refractivity contribution in [2.24, 2.45) is 0 Å². The second-order valence-electron chi connectivity index (χ2n) is 8.34. The second kappa shape index (κ2) is 9.50. The van der Waals surface area contributed by atoms with Crippen LogP contribution in [0.1, 0.15) is 57.1 Å². The van der Waals surface area contributed by atoms with Gasteiger partial charge in [0.05, 0.1) is 6.33 Å². The maximum absolute atomic E-state index is 13.3. The molecule has 8 nitrogen and oxygen atoms in total. The normalized spacial score (nSPS) is 14.3. The summed E-state index contributed by atoms with van der Waals surface area (Å²) >= 11 is 0. The van der Waals surface area contributed by atoms with Crippen molar-refractivity contribution in [3.05, 3.63) is 62.8 Å². The molecule has 0 bridgehead atoms. The number of benzene rings is 1. The summed E-state index contributed by atoms with van der Waals surface area (Å²) in [6.45, 7) is 2.26. The fourth-order valence-electron chi connectivity index (χ4n) is 4.32. The molecule has 1 aliphatic carbocycles. The van der Waals surface area contributed by atoms with Crippen LogP contribution in [0.3, 0.4) is 0 Å². The first kappa shape index (κ1) is 22.0. The van der Waals surface area contributed by atoms with E-state index in [1.807, 2.05) is 11.5 Å². The molecule has 0 aliphatic heterocycles. The summed E-state index contributed by atoms with van der Waals surface area (Å²) < 4.78 is 17.5. The van der Waals surface area contributed by atoms with Crippen molar-refractivity contribution >= 4 is 17.1 Å². The number of carbonyl (C=O) groups excluding carboxylic acids is 1. The minimum atomic E-state index is -0.524. The van der Waals surface area contributed by atoms with Crippen molar-refractivity contribution in [1.29, 1.82) is 0 Å². The van der Waals surface area contributed by atoms with Crippen LogP contribution in [0.2, 0.25) is 0 Å². The Labute approximate surface area is 184 Å². The standard InChI is InChI=1S/C23H28FN5O3/c1-2-3-12-27-21-20(29(15-26-21)18-6-4-5-7-18)22(31)28(23(27)32)14-19(30)25-13-16-8-10-17(24)11-9-16/h8-11,15,18H,2-7,12-14H2,1H3,(H,25,30). The fourth-order valence-corrected chi connectivity index (χ4v) is 4.32. The third-order valence-electron chi connectivity index (χ3n) is 6.10. The van der Waals surface area contributed by atoms with Gasteiger partial charge in [0.1, 0.15) is 12.4 Å². The predicted octanol–water partition coefficient (Wildman–Crippen LogP) is 2.73. The van der Waals surface area contributed by atoms with Gasteiger partial charge in [-0.15, -0.1) is 0 Å². The number of rotatable bonds is 8. The van der Waals surface area contributed by atoms with E-state index in [2.05, 4.69) is 10.3 Å². The number of amides is 1. The van der Waals surface area contributed by atoms with E-state index in [-0.39, 0.29) is 24.9 Å². The second-order valence-corrected chi connectivity index (χ2v) is 8.34. The number of halogens is 1. The van der Waals surface area contributed by atoms with Gasteiger partial charge in [-0.25, -0.2) is 18.7 Å². The average molecular weight is 442 g/mol. The molecular weight excluding hydrogens is 413 g/mol. The average Bonchev–Trinajstić information content (AvgIpc) is 3.46. The number of carbonyl (C=O) groups is 1. The zero-order valence-electron chi connectivity index (χ0n) is 18.2. The van der Waals surface area contributed by atoms with Crippen LogP contribution < -0.4 is 16.6 Å². The van der Waals surface area contributed by atoms with Crippen molar-refractivity contribution in [3.63, 3.8) is 0 Å². The van der Waals surface area contributed by atoms with E-state index in [0.717, 1.165) is 48.7 Å².